The second kappa shape index (κ2) is 8.06. The third kappa shape index (κ3) is 5.20. The fourth-order valence-corrected chi connectivity index (χ4v) is 3.15. The number of nitrogens with zero attached hydrogens (tertiary/aromatic N) is 2. The Balaban J connectivity index is 1.71. The van der Waals surface area contributed by atoms with E-state index in [-0.39, 0.29) is 5.78 Å². The molecule has 0 bridgehead atoms. The molecule has 1 saturated heterocycles. The van der Waals surface area contributed by atoms with Gasteiger partial charge in [0.1, 0.15) is 0 Å². The Bertz CT molecular complexity index is 452. The summed E-state index contributed by atoms with van der Waals surface area (Å²) < 4.78 is 1.01. The van der Waals surface area contributed by atoms with Gasteiger partial charge in [-0.2, -0.15) is 0 Å². The Kier molecular flexibility index (Phi) is 6.40. The van der Waals surface area contributed by atoms with Gasteiger partial charge in [0.2, 0.25) is 0 Å². The van der Waals surface area contributed by atoms with Gasteiger partial charge < -0.3 is 9.80 Å². The molecule has 0 spiro atoms. The number of benzene rings is 1. The van der Waals surface area contributed by atoms with E-state index in [0.717, 1.165) is 23.0 Å². The van der Waals surface area contributed by atoms with Gasteiger partial charge in [-0.1, -0.05) is 28.1 Å². The van der Waals surface area contributed by atoms with Crippen LogP contribution >= 0.6 is 15.9 Å². The monoisotopic (exact) mass is 352 g/mol. The van der Waals surface area contributed by atoms with Gasteiger partial charge in [0.15, 0.2) is 5.78 Å². The summed E-state index contributed by atoms with van der Waals surface area (Å²) in [6, 6.07) is 8.33. The van der Waals surface area contributed by atoms with E-state index >= 15 is 0 Å². The summed E-state index contributed by atoms with van der Waals surface area (Å²) in [6.07, 6.45) is 4.07. The van der Waals surface area contributed by atoms with Crippen LogP contribution in [-0.4, -0.2) is 55.4 Å². The first kappa shape index (κ1) is 16.7. The Labute approximate surface area is 136 Å². The quantitative estimate of drug-likeness (QED) is 0.732. The molecule has 0 unspecified atom stereocenters. The molecule has 0 amide bonds. The van der Waals surface area contributed by atoms with Crippen molar-refractivity contribution in [2.75, 3.05) is 33.7 Å². The van der Waals surface area contributed by atoms with E-state index in [0.29, 0.717) is 12.5 Å². The van der Waals surface area contributed by atoms with Crippen molar-refractivity contribution in [3.8, 4) is 0 Å². The first-order valence-electron chi connectivity index (χ1n) is 7.74. The Morgan fingerprint density at radius 1 is 1.29 bits per heavy atom. The van der Waals surface area contributed by atoms with Crippen LogP contribution in [-0.2, 0) is 0 Å². The second-order valence-electron chi connectivity index (χ2n) is 6.05. The molecule has 1 heterocycles. The van der Waals surface area contributed by atoms with Crippen LogP contribution < -0.4 is 0 Å². The summed E-state index contributed by atoms with van der Waals surface area (Å²) in [4.78, 5) is 16.9. The van der Waals surface area contributed by atoms with Gasteiger partial charge in [0.25, 0.3) is 0 Å². The van der Waals surface area contributed by atoms with E-state index < -0.39 is 0 Å². The fourth-order valence-electron chi connectivity index (χ4n) is 2.89. The fraction of sp³-hybridized carbons (Fsp3) is 0.588. The van der Waals surface area contributed by atoms with E-state index in [1.165, 1.54) is 25.9 Å². The zero-order chi connectivity index (χ0) is 15.2. The summed E-state index contributed by atoms with van der Waals surface area (Å²) in [6.45, 7) is 3.39. The molecule has 0 radical (unpaired) electrons. The minimum absolute atomic E-state index is 0.249. The molecule has 21 heavy (non-hydrogen) atoms. The predicted octanol–water partition coefficient (Wildman–Crippen LogP) is 3.44. The van der Waals surface area contributed by atoms with Crippen LogP contribution in [0.25, 0.3) is 0 Å². The molecule has 0 aromatic heterocycles. The van der Waals surface area contributed by atoms with Gasteiger partial charge in [-0.05, 0) is 65.1 Å². The van der Waals surface area contributed by atoms with E-state index in [2.05, 4.69) is 39.8 Å². The van der Waals surface area contributed by atoms with Crippen LogP contribution in [0.1, 0.15) is 36.0 Å². The van der Waals surface area contributed by atoms with Crippen LogP contribution in [0, 0.1) is 0 Å². The molecule has 1 aliphatic heterocycles. The van der Waals surface area contributed by atoms with E-state index in [4.69, 9.17) is 0 Å². The lowest BCUT2D eigenvalue weighted by Crippen LogP contribution is -2.42. The van der Waals surface area contributed by atoms with Crippen LogP contribution in [0.4, 0.5) is 0 Å². The molecular weight excluding hydrogens is 328 g/mol. The Morgan fingerprint density at radius 2 is 1.90 bits per heavy atom. The van der Waals surface area contributed by atoms with Gasteiger partial charge in [-0.15, -0.1) is 0 Å². The van der Waals surface area contributed by atoms with Crippen molar-refractivity contribution in [3.05, 3.63) is 34.3 Å². The maximum absolute atomic E-state index is 12.1. The predicted molar refractivity (Wildman–Crippen MR) is 90.9 cm³/mol. The van der Waals surface area contributed by atoms with Crippen molar-refractivity contribution in [3.63, 3.8) is 0 Å². The molecule has 1 fully saturated rings. The highest BCUT2D eigenvalue weighted by molar-refractivity contribution is 9.10. The molecular formula is C17H25BrN2O. The average Bonchev–Trinajstić information content (AvgIpc) is 2.48. The van der Waals surface area contributed by atoms with Gasteiger partial charge in [-0.3, -0.25) is 4.79 Å². The third-order valence-corrected chi connectivity index (χ3v) is 4.92. The van der Waals surface area contributed by atoms with Crippen molar-refractivity contribution < 1.29 is 4.79 Å². The zero-order valence-corrected chi connectivity index (χ0v) is 14.6. The maximum atomic E-state index is 12.1. The number of halogens is 1. The first-order valence-corrected chi connectivity index (χ1v) is 8.53. The number of piperidine rings is 1. The largest absolute Gasteiger partial charge is 0.306 e. The Hall–Kier alpha value is -0.710. The van der Waals surface area contributed by atoms with Crippen LogP contribution in [0.15, 0.2) is 28.7 Å². The lowest BCUT2D eigenvalue weighted by atomic mass is 10.0. The molecule has 0 aliphatic carbocycles. The normalized spacial score (nSPS) is 17.3. The van der Waals surface area contributed by atoms with Gasteiger partial charge in [0.05, 0.1) is 0 Å². The molecule has 0 saturated carbocycles. The summed E-state index contributed by atoms with van der Waals surface area (Å²) in [5, 5.41) is 0. The smallest absolute Gasteiger partial charge is 0.162 e. The highest BCUT2D eigenvalue weighted by atomic mass is 79.9. The summed E-state index contributed by atoms with van der Waals surface area (Å²) >= 11 is 3.39. The zero-order valence-electron chi connectivity index (χ0n) is 13.0. The molecule has 0 N–H and O–H groups in total. The SMILES string of the molecule is CN1CCC(N(C)CCCC(=O)c2ccc(Br)cc2)CC1. The van der Waals surface area contributed by atoms with E-state index in [1.807, 2.05) is 24.3 Å². The number of hydrogen-bond donors (Lipinski definition) is 0. The summed E-state index contributed by atoms with van der Waals surface area (Å²) in [5.74, 6) is 0.249. The molecule has 0 atom stereocenters. The molecule has 116 valence electrons. The minimum Gasteiger partial charge on any atom is -0.306 e. The van der Waals surface area contributed by atoms with Crippen molar-refractivity contribution in [1.82, 2.24) is 9.80 Å². The summed E-state index contributed by atoms with van der Waals surface area (Å²) in [5.41, 5.74) is 0.820. The summed E-state index contributed by atoms with van der Waals surface area (Å²) in [7, 11) is 4.38. The second-order valence-corrected chi connectivity index (χ2v) is 6.96. The number of Topliss-reactive ketones (excluding diaryl/α,β-unsaturated/α-hetero) is 1. The lowest BCUT2D eigenvalue weighted by Gasteiger charge is -2.35. The van der Waals surface area contributed by atoms with Crippen LogP contribution in [0.2, 0.25) is 0 Å². The molecule has 1 aromatic rings. The number of rotatable bonds is 6. The van der Waals surface area contributed by atoms with Crippen molar-refractivity contribution in [2.24, 2.45) is 0 Å². The van der Waals surface area contributed by atoms with Gasteiger partial charge in [0, 0.05) is 22.5 Å². The Morgan fingerprint density at radius 3 is 2.52 bits per heavy atom. The molecule has 2 rings (SSSR count). The maximum Gasteiger partial charge on any atom is 0.162 e. The van der Waals surface area contributed by atoms with Gasteiger partial charge >= 0.3 is 0 Å². The molecule has 1 aromatic carbocycles. The van der Waals surface area contributed by atoms with E-state index in [9.17, 15) is 4.79 Å². The lowest BCUT2D eigenvalue weighted by molar-refractivity contribution is 0.0966. The minimum atomic E-state index is 0.249. The highest BCUT2D eigenvalue weighted by Crippen LogP contribution is 2.16. The number of hydrogen-bond acceptors (Lipinski definition) is 3. The highest BCUT2D eigenvalue weighted by Gasteiger charge is 2.20. The molecule has 1 aliphatic rings. The van der Waals surface area contributed by atoms with Crippen LogP contribution in [0.3, 0.4) is 0 Å². The van der Waals surface area contributed by atoms with Crippen molar-refractivity contribution in [2.45, 2.75) is 31.7 Å². The first-order chi connectivity index (χ1) is 10.1. The van der Waals surface area contributed by atoms with Crippen molar-refractivity contribution >= 4 is 21.7 Å². The number of ketones is 1. The standard InChI is InChI=1S/C17H25BrN2O/c1-19-12-9-16(10-13-19)20(2)11-3-4-17(21)14-5-7-15(18)8-6-14/h5-8,16H,3-4,9-13H2,1-2H3. The molecule has 3 nitrogen and oxygen atoms in total. The van der Waals surface area contributed by atoms with Gasteiger partial charge in [-0.25, -0.2) is 0 Å². The topological polar surface area (TPSA) is 23.6 Å². The third-order valence-electron chi connectivity index (χ3n) is 4.39. The van der Waals surface area contributed by atoms with Crippen molar-refractivity contribution in [1.29, 1.82) is 0 Å². The molecule has 4 heteroatoms. The van der Waals surface area contributed by atoms with Crippen LogP contribution in [0.5, 0.6) is 0 Å². The number of likely N-dealkylation sites (tertiary alicyclic amines) is 1. The average molecular weight is 353 g/mol. The van der Waals surface area contributed by atoms with E-state index in [1.54, 1.807) is 0 Å². The number of carbonyl (C=O) groups excluding carboxylic acids is 1. The number of carbonyl (C=O) groups is 1.